The zero-order valence-electron chi connectivity index (χ0n) is 15.8. The van der Waals surface area contributed by atoms with Gasteiger partial charge in [0.25, 0.3) is 0 Å². The number of benzene rings is 2. The van der Waals surface area contributed by atoms with Gasteiger partial charge in [0.15, 0.2) is 11.5 Å². The van der Waals surface area contributed by atoms with Crippen LogP contribution in [0.5, 0.6) is 17.2 Å². The maximum absolute atomic E-state index is 12.5. The number of amides is 1. The van der Waals surface area contributed by atoms with E-state index in [1.54, 1.807) is 18.2 Å². The van der Waals surface area contributed by atoms with Crippen molar-refractivity contribution in [3.8, 4) is 17.2 Å². The van der Waals surface area contributed by atoms with Gasteiger partial charge in [-0.3, -0.25) is 4.79 Å². The van der Waals surface area contributed by atoms with Gasteiger partial charge in [0, 0.05) is 11.8 Å². The van der Waals surface area contributed by atoms with Gasteiger partial charge in [0.1, 0.15) is 5.75 Å². The van der Waals surface area contributed by atoms with E-state index < -0.39 is 22.0 Å². The van der Waals surface area contributed by atoms with E-state index in [2.05, 4.69) is 10.0 Å². The highest BCUT2D eigenvalue weighted by atomic mass is 35.5. The first-order valence-corrected chi connectivity index (χ1v) is 9.96. The van der Waals surface area contributed by atoms with Crippen molar-refractivity contribution in [1.29, 1.82) is 0 Å². The summed E-state index contributed by atoms with van der Waals surface area (Å²) in [5, 5.41) is 2.77. The van der Waals surface area contributed by atoms with Crippen LogP contribution in [-0.4, -0.2) is 41.7 Å². The normalized spacial score (nSPS) is 12.2. The first-order chi connectivity index (χ1) is 13.2. The number of ether oxygens (including phenoxy) is 3. The van der Waals surface area contributed by atoms with Crippen molar-refractivity contribution in [3.63, 3.8) is 0 Å². The summed E-state index contributed by atoms with van der Waals surface area (Å²) in [5.41, 5.74) is 0.432. The fourth-order valence-electron chi connectivity index (χ4n) is 2.33. The van der Waals surface area contributed by atoms with Gasteiger partial charge in [-0.2, -0.15) is 4.72 Å². The minimum Gasteiger partial charge on any atom is -0.495 e. The Labute approximate surface area is 168 Å². The molecule has 0 saturated heterocycles. The topological polar surface area (TPSA) is 103 Å². The summed E-state index contributed by atoms with van der Waals surface area (Å²) in [6, 6.07) is 7.80. The lowest BCUT2D eigenvalue weighted by Crippen LogP contribution is -2.41. The molecule has 1 amide bonds. The average Bonchev–Trinajstić information content (AvgIpc) is 2.67. The molecular weight excluding hydrogens is 408 g/mol. The number of halogens is 1. The SMILES string of the molecule is COc1ccc(S(=O)(=O)N[C@@H](C)C(=O)Nc2ccc(OC)c(OC)c2)cc1Cl. The van der Waals surface area contributed by atoms with Crippen LogP contribution in [0.2, 0.25) is 5.02 Å². The number of anilines is 1. The molecule has 2 N–H and O–H groups in total. The molecule has 10 heteroatoms. The summed E-state index contributed by atoms with van der Waals surface area (Å²) < 4.78 is 42.6. The standard InChI is InChI=1S/C18H21ClN2O6S/c1-11(18(22)20-12-5-7-16(26-3)17(9-12)27-4)21-28(23,24)13-6-8-15(25-2)14(19)10-13/h5-11,21H,1-4H3,(H,20,22)/t11-/m0/s1. The Morgan fingerprint density at radius 2 is 1.57 bits per heavy atom. The Kier molecular flexibility index (Phi) is 7.11. The van der Waals surface area contributed by atoms with Crippen LogP contribution in [0.4, 0.5) is 5.69 Å². The van der Waals surface area contributed by atoms with E-state index in [1.165, 1.54) is 46.5 Å². The zero-order valence-corrected chi connectivity index (χ0v) is 17.3. The van der Waals surface area contributed by atoms with Crippen LogP contribution in [0.1, 0.15) is 6.92 Å². The van der Waals surface area contributed by atoms with Gasteiger partial charge in [-0.15, -0.1) is 0 Å². The number of rotatable bonds is 8. The monoisotopic (exact) mass is 428 g/mol. The van der Waals surface area contributed by atoms with Crippen LogP contribution in [0.25, 0.3) is 0 Å². The van der Waals surface area contributed by atoms with E-state index in [4.69, 9.17) is 25.8 Å². The molecule has 152 valence electrons. The van der Waals surface area contributed by atoms with Gasteiger partial charge in [0.2, 0.25) is 15.9 Å². The number of hydrogen-bond acceptors (Lipinski definition) is 6. The van der Waals surface area contributed by atoms with Crippen molar-refractivity contribution in [2.24, 2.45) is 0 Å². The molecule has 2 aromatic carbocycles. The first kappa shape index (κ1) is 21.8. The van der Waals surface area contributed by atoms with Crippen LogP contribution in [0.3, 0.4) is 0 Å². The van der Waals surface area contributed by atoms with Crippen molar-refractivity contribution in [2.75, 3.05) is 26.6 Å². The van der Waals surface area contributed by atoms with Gasteiger partial charge >= 0.3 is 0 Å². The number of nitrogens with one attached hydrogen (secondary N) is 2. The predicted molar refractivity (Wildman–Crippen MR) is 106 cm³/mol. The van der Waals surface area contributed by atoms with Crippen LogP contribution < -0.4 is 24.2 Å². The summed E-state index contributed by atoms with van der Waals surface area (Å²) in [7, 11) is 0.432. The molecule has 0 saturated carbocycles. The molecule has 0 bridgehead atoms. The van der Waals surface area contributed by atoms with Crippen LogP contribution >= 0.6 is 11.6 Å². The third kappa shape index (κ3) is 5.06. The number of sulfonamides is 1. The van der Waals surface area contributed by atoms with E-state index in [0.717, 1.165) is 0 Å². The molecule has 0 aliphatic carbocycles. The average molecular weight is 429 g/mol. The van der Waals surface area contributed by atoms with Crippen molar-refractivity contribution >= 4 is 33.2 Å². The highest BCUT2D eigenvalue weighted by molar-refractivity contribution is 7.89. The van der Waals surface area contributed by atoms with Crippen molar-refractivity contribution in [2.45, 2.75) is 17.9 Å². The quantitative estimate of drug-likeness (QED) is 0.670. The molecule has 0 aromatic heterocycles. The van der Waals surface area contributed by atoms with Gasteiger partial charge in [-0.25, -0.2) is 8.42 Å². The third-order valence-corrected chi connectivity index (χ3v) is 5.64. The largest absolute Gasteiger partial charge is 0.495 e. The molecule has 28 heavy (non-hydrogen) atoms. The number of methoxy groups -OCH3 is 3. The Morgan fingerprint density at radius 3 is 2.14 bits per heavy atom. The predicted octanol–water partition coefficient (Wildman–Crippen LogP) is 2.67. The lowest BCUT2D eigenvalue weighted by Gasteiger charge is -2.16. The zero-order chi connectivity index (χ0) is 20.9. The fourth-order valence-corrected chi connectivity index (χ4v) is 3.88. The molecular formula is C18H21ClN2O6S. The maximum atomic E-state index is 12.5. The molecule has 0 spiro atoms. The molecule has 0 fully saturated rings. The summed E-state index contributed by atoms with van der Waals surface area (Å²) in [6.07, 6.45) is 0. The second-order valence-electron chi connectivity index (χ2n) is 5.70. The molecule has 0 aliphatic rings. The summed E-state index contributed by atoms with van der Waals surface area (Å²) in [4.78, 5) is 12.3. The fraction of sp³-hybridized carbons (Fsp3) is 0.278. The van der Waals surface area contributed by atoms with Crippen LogP contribution in [0, 0.1) is 0 Å². The smallest absolute Gasteiger partial charge is 0.242 e. The molecule has 0 unspecified atom stereocenters. The van der Waals surface area contributed by atoms with E-state index in [1.807, 2.05) is 0 Å². The molecule has 0 radical (unpaired) electrons. The summed E-state index contributed by atoms with van der Waals surface area (Å²) >= 11 is 5.98. The van der Waals surface area contributed by atoms with E-state index in [-0.39, 0.29) is 9.92 Å². The van der Waals surface area contributed by atoms with E-state index in [9.17, 15) is 13.2 Å². The van der Waals surface area contributed by atoms with Gasteiger partial charge in [0.05, 0.1) is 37.3 Å². The minimum absolute atomic E-state index is 0.0796. The van der Waals surface area contributed by atoms with E-state index >= 15 is 0 Å². The number of carbonyl (C=O) groups excluding carboxylic acids is 1. The van der Waals surface area contributed by atoms with Crippen molar-refractivity contribution in [3.05, 3.63) is 41.4 Å². The summed E-state index contributed by atoms with van der Waals surface area (Å²) in [6.45, 7) is 1.43. The molecule has 0 heterocycles. The number of hydrogen-bond donors (Lipinski definition) is 2. The highest BCUT2D eigenvalue weighted by Crippen LogP contribution is 2.30. The number of carbonyl (C=O) groups is 1. The summed E-state index contributed by atoms with van der Waals surface area (Å²) in [5.74, 6) is 0.738. The highest BCUT2D eigenvalue weighted by Gasteiger charge is 2.23. The second-order valence-corrected chi connectivity index (χ2v) is 7.82. The maximum Gasteiger partial charge on any atom is 0.242 e. The molecule has 2 aromatic rings. The lowest BCUT2D eigenvalue weighted by molar-refractivity contribution is -0.117. The van der Waals surface area contributed by atoms with Gasteiger partial charge < -0.3 is 19.5 Å². The van der Waals surface area contributed by atoms with Gasteiger partial charge in [-0.05, 0) is 37.3 Å². The molecule has 8 nitrogen and oxygen atoms in total. The van der Waals surface area contributed by atoms with E-state index in [0.29, 0.717) is 22.9 Å². The first-order valence-electron chi connectivity index (χ1n) is 8.10. The third-order valence-electron chi connectivity index (χ3n) is 3.81. The van der Waals surface area contributed by atoms with Crippen molar-refractivity contribution < 1.29 is 27.4 Å². The molecule has 0 aliphatic heterocycles. The molecule has 1 atom stereocenters. The lowest BCUT2D eigenvalue weighted by atomic mass is 10.2. The van der Waals surface area contributed by atoms with Gasteiger partial charge in [-0.1, -0.05) is 11.6 Å². The Hall–Kier alpha value is -2.49. The Balaban J connectivity index is 2.12. The Morgan fingerprint density at radius 1 is 0.964 bits per heavy atom. The second kappa shape index (κ2) is 9.13. The minimum atomic E-state index is -3.96. The van der Waals surface area contributed by atoms with Crippen LogP contribution in [0.15, 0.2) is 41.3 Å². The molecule has 2 rings (SSSR count). The van der Waals surface area contributed by atoms with Crippen LogP contribution in [-0.2, 0) is 14.8 Å². The Bertz CT molecular complexity index is 965. The van der Waals surface area contributed by atoms with Crippen molar-refractivity contribution in [1.82, 2.24) is 4.72 Å².